The number of benzene rings is 2. The smallest absolute Gasteiger partial charge is 0.135 e. The fourth-order valence-corrected chi connectivity index (χ4v) is 2.65. The van der Waals surface area contributed by atoms with E-state index in [0.717, 1.165) is 34.5 Å². The molecule has 0 fully saturated rings. The maximum absolute atomic E-state index is 4.73. The van der Waals surface area contributed by atoms with Crippen LogP contribution >= 0.6 is 0 Å². The summed E-state index contributed by atoms with van der Waals surface area (Å²) in [5.74, 6) is 0. The Morgan fingerprint density at radius 1 is 1.00 bits per heavy atom. The van der Waals surface area contributed by atoms with Crippen LogP contribution in [0, 0.1) is 0 Å². The Hall–Kier alpha value is -3.06. The average molecular weight is 320 g/mol. The Morgan fingerprint density at radius 3 is 2.71 bits per heavy atom. The largest absolute Gasteiger partial charge is 0.296 e. The highest BCUT2D eigenvalue weighted by Crippen LogP contribution is 2.14. The van der Waals surface area contributed by atoms with Gasteiger partial charge in [-0.15, -0.1) is 5.10 Å². The summed E-state index contributed by atoms with van der Waals surface area (Å²) in [4.78, 5) is 2.17. The summed E-state index contributed by atoms with van der Waals surface area (Å²) in [6.07, 6.45) is 1.95. The van der Waals surface area contributed by atoms with Crippen molar-refractivity contribution in [1.82, 2.24) is 30.2 Å². The second-order valence-corrected chi connectivity index (χ2v) is 5.75. The first-order chi connectivity index (χ1) is 11.8. The van der Waals surface area contributed by atoms with Crippen molar-refractivity contribution in [3.8, 4) is 5.69 Å². The number of nitrogens with zero attached hydrogens (tertiary/aromatic N) is 6. The topological polar surface area (TPSA) is 72.9 Å². The quantitative estimate of drug-likeness (QED) is 0.562. The van der Waals surface area contributed by atoms with E-state index in [9.17, 15) is 0 Å². The van der Waals surface area contributed by atoms with E-state index in [0.29, 0.717) is 6.54 Å². The molecule has 0 aliphatic carbocycles. The lowest BCUT2D eigenvalue weighted by Crippen LogP contribution is -2.17. The van der Waals surface area contributed by atoms with Gasteiger partial charge in [-0.3, -0.25) is 4.90 Å². The van der Waals surface area contributed by atoms with Crippen LogP contribution < -0.4 is 0 Å². The van der Waals surface area contributed by atoms with Crippen LogP contribution in [0.4, 0.5) is 0 Å². The molecule has 0 N–H and O–H groups in total. The number of aromatic nitrogens is 5. The molecule has 0 atom stereocenters. The molecule has 0 bridgehead atoms. The fraction of sp³-hybridized carbons (Fsp3) is 0.176. The van der Waals surface area contributed by atoms with Gasteiger partial charge >= 0.3 is 0 Å². The Balaban J connectivity index is 1.44. The van der Waals surface area contributed by atoms with Crippen molar-refractivity contribution in [2.24, 2.45) is 0 Å². The lowest BCUT2D eigenvalue weighted by Gasteiger charge is -2.14. The Labute approximate surface area is 138 Å². The standard InChI is InChI=1S/C17H16N6O/c1-22(10-13-7-8-16-17(9-13)20-24-19-16)11-14-12-23(21-18-14)15-5-3-2-4-6-15/h2-9,12H,10-11H2,1H3. The molecule has 0 radical (unpaired) electrons. The van der Waals surface area contributed by atoms with Crippen molar-refractivity contribution < 1.29 is 4.63 Å². The minimum absolute atomic E-state index is 0.710. The molecule has 120 valence electrons. The van der Waals surface area contributed by atoms with Crippen LogP contribution in [-0.2, 0) is 13.1 Å². The van der Waals surface area contributed by atoms with Gasteiger partial charge in [0.15, 0.2) is 0 Å². The summed E-state index contributed by atoms with van der Waals surface area (Å²) >= 11 is 0. The molecule has 0 amide bonds. The van der Waals surface area contributed by atoms with E-state index in [1.54, 1.807) is 4.68 Å². The molecular weight excluding hydrogens is 304 g/mol. The van der Waals surface area contributed by atoms with E-state index in [1.165, 1.54) is 0 Å². The third kappa shape index (κ3) is 3.02. The highest BCUT2D eigenvalue weighted by Gasteiger charge is 2.08. The minimum atomic E-state index is 0.710. The van der Waals surface area contributed by atoms with Gasteiger partial charge in [0.2, 0.25) is 0 Å². The maximum atomic E-state index is 4.73. The number of rotatable bonds is 5. The normalized spacial score (nSPS) is 11.4. The average Bonchev–Trinajstić information content (AvgIpc) is 3.24. The second kappa shape index (κ2) is 6.21. The predicted octanol–water partition coefficient (Wildman–Crippen LogP) is 2.44. The second-order valence-electron chi connectivity index (χ2n) is 5.75. The molecule has 4 aromatic rings. The van der Waals surface area contributed by atoms with Crippen LogP contribution in [0.25, 0.3) is 16.7 Å². The molecular formula is C17H16N6O. The van der Waals surface area contributed by atoms with Gasteiger partial charge in [-0.2, -0.15) is 0 Å². The molecule has 24 heavy (non-hydrogen) atoms. The van der Waals surface area contributed by atoms with Gasteiger partial charge in [0.05, 0.1) is 17.6 Å². The van der Waals surface area contributed by atoms with Gasteiger partial charge in [-0.25, -0.2) is 9.31 Å². The molecule has 0 aliphatic rings. The molecule has 2 aromatic heterocycles. The van der Waals surface area contributed by atoms with Crippen LogP contribution in [0.2, 0.25) is 0 Å². The van der Waals surface area contributed by atoms with Crippen molar-refractivity contribution in [2.45, 2.75) is 13.1 Å². The Morgan fingerprint density at radius 2 is 1.83 bits per heavy atom. The molecule has 2 heterocycles. The van der Waals surface area contributed by atoms with Crippen molar-refractivity contribution in [2.75, 3.05) is 7.05 Å². The van der Waals surface area contributed by atoms with Crippen molar-refractivity contribution in [3.63, 3.8) is 0 Å². The summed E-state index contributed by atoms with van der Waals surface area (Å²) in [5.41, 5.74) is 4.62. The van der Waals surface area contributed by atoms with Gasteiger partial charge in [0.1, 0.15) is 11.0 Å². The fourth-order valence-electron chi connectivity index (χ4n) is 2.65. The highest BCUT2D eigenvalue weighted by molar-refractivity contribution is 5.73. The third-order valence-corrected chi connectivity index (χ3v) is 3.76. The minimum Gasteiger partial charge on any atom is -0.296 e. The third-order valence-electron chi connectivity index (χ3n) is 3.76. The first-order valence-electron chi connectivity index (χ1n) is 7.64. The van der Waals surface area contributed by atoms with Gasteiger partial charge < -0.3 is 0 Å². The summed E-state index contributed by atoms with van der Waals surface area (Å²) < 4.78 is 6.52. The molecule has 0 saturated heterocycles. The molecule has 0 unspecified atom stereocenters. The van der Waals surface area contributed by atoms with Gasteiger partial charge in [-0.05, 0) is 47.2 Å². The van der Waals surface area contributed by atoms with Crippen LogP contribution in [0.1, 0.15) is 11.3 Å². The Kier molecular flexibility index (Phi) is 3.76. The molecule has 0 saturated carbocycles. The summed E-state index contributed by atoms with van der Waals surface area (Å²) in [6.45, 7) is 1.49. The molecule has 7 nitrogen and oxygen atoms in total. The number of para-hydroxylation sites is 1. The summed E-state index contributed by atoms with van der Waals surface area (Å²) in [6, 6.07) is 15.9. The zero-order chi connectivity index (χ0) is 16.4. The van der Waals surface area contributed by atoms with Crippen LogP contribution in [0.15, 0.2) is 59.4 Å². The highest BCUT2D eigenvalue weighted by atomic mass is 16.6. The first kappa shape index (κ1) is 14.5. The van der Waals surface area contributed by atoms with Crippen LogP contribution in [0.3, 0.4) is 0 Å². The number of fused-ring (bicyclic) bond motifs is 1. The van der Waals surface area contributed by atoms with Crippen molar-refractivity contribution >= 4 is 11.0 Å². The van der Waals surface area contributed by atoms with Gasteiger partial charge in [0, 0.05) is 13.1 Å². The molecule has 4 rings (SSSR count). The van der Waals surface area contributed by atoms with Gasteiger partial charge in [0.25, 0.3) is 0 Å². The lowest BCUT2D eigenvalue weighted by atomic mass is 10.2. The molecule has 2 aromatic carbocycles. The van der Waals surface area contributed by atoms with E-state index in [2.05, 4.69) is 25.5 Å². The van der Waals surface area contributed by atoms with E-state index < -0.39 is 0 Å². The zero-order valence-corrected chi connectivity index (χ0v) is 13.2. The van der Waals surface area contributed by atoms with Crippen molar-refractivity contribution in [1.29, 1.82) is 0 Å². The first-order valence-corrected chi connectivity index (χ1v) is 7.64. The zero-order valence-electron chi connectivity index (χ0n) is 13.2. The molecule has 7 heteroatoms. The monoisotopic (exact) mass is 320 g/mol. The number of hydrogen-bond acceptors (Lipinski definition) is 6. The SMILES string of the molecule is CN(Cc1ccc2nonc2c1)Cc1cn(-c2ccccc2)nn1. The van der Waals surface area contributed by atoms with E-state index in [-0.39, 0.29) is 0 Å². The maximum Gasteiger partial charge on any atom is 0.135 e. The number of hydrogen-bond donors (Lipinski definition) is 0. The van der Waals surface area contributed by atoms with E-state index >= 15 is 0 Å². The van der Waals surface area contributed by atoms with Crippen molar-refractivity contribution in [3.05, 3.63) is 66.0 Å². The van der Waals surface area contributed by atoms with Crippen LogP contribution in [0.5, 0.6) is 0 Å². The summed E-state index contributed by atoms with van der Waals surface area (Å²) in [7, 11) is 2.05. The molecule has 0 spiro atoms. The van der Waals surface area contributed by atoms with E-state index in [4.69, 9.17) is 4.63 Å². The van der Waals surface area contributed by atoms with Crippen LogP contribution in [-0.4, -0.2) is 37.3 Å². The predicted molar refractivity (Wildman–Crippen MR) is 88.3 cm³/mol. The summed E-state index contributed by atoms with van der Waals surface area (Å²) in [5, 5.41) is 16.1. The molecule has 0 aliphatic heterocycles. The van der Waals surface area contributed by atoms with Gasteiger partial charge in [-0.1, -0.05) is 29.5 Å². The van der Waals surface area contributed by atoms with E-state index in [1.807, 2.05) is 61.8 Å². The lowest BCUT2D eigenvalue weighted by molar-refractivity contribution is 0.313. The Bertz CT molecular complexity index is 946.